The molecule has 3 N–H and O–H groups in total. The normalized spacial score (nSPS) is 14.8. The summed E-state index contributed by atoms with van der Waals surface area (Å²) in [7, 11) is 0. The van der Waals surface area contributed by atoms with Crippen molar-refractivity contribution in [3.63, 3.8) is 0 Å². The maximum atomic E-state index is 5.96. The fraction of sp³-hybridized carbons (Fsp3) is 0.143. The Balaban J connectivity index is 0.000000149. The maximum absolute atomic E-state index is 5.96. The summed E-state index contributed by atoms with van der Waals surface area (Å²) in [6, 6.07) is 19.1. The monoisotopic (exact) mass is 390 g/mol. The van der Waals surface area contributed by atoms with Crippen molar-refractivity contribution in [2.24, 2.45) is 0 Å². The number of benzene rings is 3. The lowest BCUT2D eigenvalue weighted by Crippen LogP contribution is -2.24. The smallest absolute Gasteiger partial charge is 0.0320 e. The maximum Gasteiger partial charge on any atom is 0.0320 e. The van der Waals surface area contributed by atoms with Crippen LogP contribution in [0, 0.1) is 10.4 Å². The third kappa shape index (κ3) is 3.57. The molecule has 1 aliphatic heterocycles. The van der Waals surface area contributed by atoms with E-state index in [0.29, 0.717) is 0 Å². The molecule has 30 heavy (non-hydrogen) atoms. The zero-order valence-electron chi connectivity index (χ0n) is 17.1. The van der Waals surface area contributed by atoms with E-state index >= 15 is 0 Å². The molecule has 0 aromatic heterocycles. The summed E-state index contributed by atoms with van der Waals surface area (Å²) in [6.07, 6.45) is 17.5. The second-order valence-corrected chi connectivity index (χ2v) is 7.98. The second-order valence-electron chi connectivity index (χ2n) is 7.98. The van der Waals surface area contributed by atoms with Gasteiger partial charge in [-0.15, -0.1) is 0 Å². The highest BCUT2D eigenvalue weighted by atomic mass is 14.8. The highest BCUT2D eigenvalue weighted by Gasteiger charge is 2.11. The number of nitrogens with two attached hydrogens (primary N) is 1. The molecule has 2 heteroatoms. The van der Waals surface area contributed by atoms with Crippen molar-refractivity contribution in [2.75, 3.05) is 5.73 Å². The van der Waals surface area contributed by atoms with Crippen molar-refractivity contribution in [1.82, 2.24) is 5.32 Å². The van der Waals surface area contributed by atoms with Gasteiger partial charge in [0.2, 0.25) is 0 Å². The largest absolute Gasteiger partial charge is 0.399 e. The van der Waals surface area contributed by atoms with Gasteiger partial charge in [0.1, 0.15) is 0 Å². The number of allylic oxidation sites excluding steroid dienone is 1. The van der Waals surface area contributed by atoms with Crippen LogP contribution in [0.5, 0.6) is 0 Å². The SMILES string of the molecule is C1=CNC=c2ccccc2=C1.Nc1ccc2c(c1)=c1ccc3c(c1CC=2)CCCC=3. The fourth-order valence-electron chi connectivity index (χ4n) is 4.56. The molecule has 3 aromatic carbocycles. The van der Waals surface area contributed by atoms with E-state index in [1.165, 1.54) is 56.1 Å². The van der Waals surface area contributed by atoms with Crippen LogP contribution in [0.2, 0.25) is 0 Å². The molecule has 148 valence electrons. The molecule has 3 aromatic rings. The van der Waals surface area contributed by atoms with Crippen LogP contribution in [-0.2, 0) is 12.8 Å². The summed E-state index contributed by atoms with van der Waals surface area (Å²) < 4.78 is 0. The van der Waals surface area contributed by atoms with E-state index in [9.17, 15) is 0 Å². The van der Waals surface area contributed by atoms with Gasteiger partial charge in [-0.1, -0.05) is 60.7 Å². The van der Waals surface area contributed by atoms with E-state index in [-0.39, 0.29) is 0 Å². The van der Waals surface area contributed by atoms with Gasteiger partial charge in [0.05, 0.1) is 0 Å². The minimum atomic E-state index is 0.851. The molecule has 0 atom stereocenters. The molecule has 0 radical (unpaired) electrons. The summed E-state index contributed by atoms with van der Waals surface area (Å²) in [6.45, 7) is 0. The Bertz CT molecular complexity index is 1480. The van der Waals surface area contributed by atoms with Gasteiger partial charge in [0.25, 0.3) is 0 Å². The molecule has 0 unspecified atom stereocenters. The minimum absolute atomic E-state index is 0.851. The minimum Gasteiger partial charge on any atom is -0.399 e. The number of anilines is 1. The highest BCUT2D eigenvalue weighted by Crippen LogP contribution is 2.18. The molecule has 2 nitrogen and oxygen atoms in total. The van der Waals surface area contributed by atoms with Gasteiger partial charge in [-0.3, -0.25) is 0 Å². The van der Waals surface area contributed by atoms with Gasteiger partial charge < -0.3 is 11.1 Å². The number of fused-ring (bicyclic) bond motifs is 5. The van der Waals surface area contributed by atoms with Gasteiger partial charge >= 0.3 is 0 Å². The Morgan fingerprint density at radius 3 is 2.57 bits per heavy atom. The summed E-state index contributed by atoms with van der Waals surface area (Å²) >= 11 is 0. The molecule has 0 saturated heterocycles. The fourth-order valence-corrected chi connectivity index (χ4v) is 4.56. The Hall–Kier alpha value is -3.52. The average Bonchev–Trinajstić information content (AvgIpc) is 3.05. The summed E-state index contributed by atoms with van der Waals surface area (Å²) in [5, 5.41) is 11.0. The van der Waals surface area contributed by atoms with E-state index in [4.69, 9.17) is 5.73 Å². The molecular formula is C28H26N2. The summed E-state index contributed by atoms with van der Waals surface area (Å²) in [4.78, 5) is 0. The third-order valence-corrected chi connectivity index (χ3v) is 6.06. The molecule has 0 spiro atoms. The number of hydrogen-bond donors (Lipinski definition) is 2. The van der Waals surface area contributed by atoms with Gasteiger partial charge in [-0.25, -0.2) is 0 Å². The van der Waals surface area contributed by atoms with Crippen LogP contribution in [0.3, 0.4) is 0 Å². The standard InChI is InChI=1S/C18H17N.C10H9N/c19-14-8-5-13-7-9-16-15-4-2-1-3-12(15)6-10-17(16)18(13)11-14;1-2-5-10-8-11-7-3-6-9(10)4-1/h3,5-8,10-11H,1-2,4,9,19H2;1-8,11H. The van der Waals surface area contributed by atoms with E-state index in [1.54, 1.807) is 5.56 Å². The third-order valence-electron chi connectivity index (χ3n) is 6.06. The molecule has 0 amide bonds. The number of nitrogens with one attached hydrogen (secondary N) is 1. The number of nitrogen functional groups attached to an aromatic ring is 1. The average molecular weight is 391 g/mol. The van der Waals surface area contributed by atoms with E-state index in [2.05, 4.69) is 59.9 Å². The first-order valence-electron chi connectivity index (χ1n) is 10.7. The van der Waals surface area contributed by atoms with Gasteiger partial charge in [0.15, 0.2) is 0 Å². The van der Waals surface area contributed by atoms with Gasteiger partial charge in [-0.05, 0) is 86.3 Å². The zero-order chi connectivity index (χ0) is 20.3. The molecule has 2 aliphatic carbocycles. The van der Waals surface area contributed by atoms with Crippen molar-refractivity contribution in [3.05, 3.63) is 109 Å². The van der Waals surface area contributed by atoms with Crippen LogP contribution in [0.1, 0.15) is 24.0 Å². The predicted molar refractivity (Wildman–Crippen MR) is 127 cm³/mol. The van der Waals surface area contributed by atoms with Crippen molar-refractivity contribution < 1.29 is 0 Å². The van der Waals surface area contributed by atoms with Gasteiger partial charge in [-0.2, -0.15) is 0 Å². The van der Waals surface area contributed by atoms with Crippen molar-refractivity contribution in [2.45, 2.75) is 25.7 Å². The van der Waals surface area contributed by atoms with Gasteiger partial charge in [0, 0.05) is 18.1 Å². The van der Waals surface area contributed by atoms with Crippen LogP contribution >= 0.6 is 0 Å². The molecule has 3 aliphatic rings. The lowest BCUT2D eigenvalue weighted by atomic mass is 9.89. The Morgan fingerprint density at radius 1 is 0.767 bits per heavy atom. The van der Waals surface area contributed by atoms with Crippen LogP contribution in [0.15, 0.2) is 66.9 Å². The highest BCUT2D eigenvalue weighted by molar-refractivity contribution is 5.50. The van der Waals surface area contributed by atoms with Crippen LogP contribution in [0.25, 0.3) is 24.4 Å². The van der Waals surface area contributed by atoms with E-state index in [0.717, 1.165) is 12.1 Å². The van der Waals surface area contributed by atoms with Crippen LogP contribution in [-0.4, -0.2) is 0 Å². The molecule has 0 fully saturated rings. The topological polar surface area (TPSA) is 38.0 Å². The number of hydrogen-bond acceptors (Lipinski definition) is 2. The summed E-state index contributed by atoms with van der Waals surface area (Å²) in [5.41, 5.74) is 9.89. The first-order valence-corrected chi connectivity index (χ1v) is 10.7. The number of rotatable bonds is 0. The van der Waals surface area contributed by atoms with Crippen LogP contribution < -0.4 is 31.9 Å². The van der Waals surface area contributed by atoms with Crippen molar-refractivity contribution >= 4 is 30.1 Å². The zero-order valence-corrected chi connectivity index (χ0v) is 17.1. The van der Waals surface area contributed by atoms with Crippen molar-refractivity contribution in [3.8, 4) is 0 Å². The first-order chi connectivity index (χ1) is 14.8. The van der Waals surface area contributed by atoms with Crippen LogP contribution in [0.4, 0.5) is 5.69 Å². The first kappa shape index (κ1) is 18.5. The predicted octanol–water partition coefficient (Wildman–Crippen LogP) is 2.33. The van der Waals surface area contributed by atoms with E-state index in [1.807, 2.05) is 36.7 Å². The molecule has 1 heterocycles. The lowest BCUT2D eigenvalue weighted by Gasteiger charge is -2.16. The quantitative estimate of drug-likeness (QED) is 0.578. The van der Waals surface area contributed by atoms with E-state index < -0.39 is 0 Å². The Morgan fingerprint density at radius 2 is 1.63 bits per heavy atom. The molecule has 0 bridgehead atoms. The molecular weight excluding hydrogens is 364 g/mol. The Kier molecular flexibility index (Phi) is 4.98. The van der Waals surface area contributed by atoms with Crippen molar-refractivity contribution in [1.29, 1.82) is 0 Å². The summed E-state index contributed by atoms with van der Waals surface area (Å²) in [5.74, 6) is 0. The Labute approximate surface area is 176 Å². The lowest BCUT2D eigenvalue weighted by molar-refractivity contribution is 0.824. The molecule has 6 rings (SSSR count). The second kappa shape index (κ2) is 8.08. The molecule has 0 saturated carbocycles.